The fraction of sp³-hybridized carbons (Fsp3) is 0.250. The molecule has 1 aliphatic heterocycles. The number of methoxy groups -OCH3 is 1. The lowest BCUT2D eigenvalue weighted by Crippen LogP contribution is -2.49. The van der Waals surface area contributed by atoms with Crippen molar-refractivity contribution in [2.75, 3.05) is 38.2 Å². The Balaban J connectivity index is 1.47. The number of rotatable bonds is 5. The van der Waals surface area contributed by atoms with E-state index >= 15 is 0 Å². The van der Waals surface area contributed by atoms with Gasteiger partial charge in [0, 0.05) is 32.4 Å². The summed E-state index contributed by atoms with van der Waals surface area (Å²) in [6.45, 7) is 1.36. The number of halogens is 1. The van der Waals surface area contributed by atoms with E-state index in [1.54, 1.807) is 6.20 Å². The second-order valence-corrected chi connectivity index (χ2v) is 8.58. The molecular formula is C20H20FN5O3S. The number of hydrogen-bond donors (Lipinski definition) is 0. The number of hydrogen-bond acceptors (Lipinski definition) is 7. The quantitative estimate of drug-likeness (QED) is 0.614. The molecule has 0 bridgehead atoms. The number of pyridine rings is 1. The minimum atomic E-state index is -3.88. The fourth-order valence-electron chi connectivity index (χ4n) is 3.29. The Hall–Kier alpha value is -3.11. The van der Waals surface area contributed by atoms with E-state index in [0.29, 0.717) is 24.6 Å². The molecule has 3 heterocycles. The van der Waals surface area contributed by atoms with Gasteiger partial charge in [-0.25, -0.2) is 12.8 Å². The van der Waals surface area contributed by atoms with E-state index in [1.165, 1.54) is 23.5 Å². The number of sulfonamides is 1. The summed E-state index contributed by atoms with van der Waals surface area (Å²) in [5.74, 6) is 0.154. The average molecular weight is 429 g/mol. The minimum absolute atomic E-state index is 0.120. The molecule has 0 N–H and O–H groups in total. The van der Waals surface area contributed by atoms with Gasteiger partial charge in [0.15, 0.2) is 5.82 Å². The van der Waals surface area contributed by atoms with E-state index in [1.807, 2.05) is 35.2 Å². The summed E-state index contributed by atoms with van der Waals surface area (Å²) in [5.41, 5.74) is 1.40. The lowest BCUT2D eigenvalue weighted by atomic mass is 10.2. The Labute approximate surface area is 174 Å². The zero-order valence-corrected chi connectivity index (χ0v) is 17.1. The maximum Gasteiger partial charge on any atom is 0.246 e. The summed E-state index contributed by atoms with van der Waals surface area (Å²) >= 11 is 0. The second-order valence-electron chi connectivity index (χ2n) is 6.68. The maximum absolute atomic E-state index is 13.7. The van der Waals surface area contributed by atoms with Crippen LogP contribution >= 0.6 is 0 Å². The van der Waals surface area contributed by atoms with Crippen molar-refractivity contribution in [1.29, 1.82) is 0 Å². The first-order valence-electron chi connectivity index (χ1n) is 9.33. The summed E-state index contributed by atoms with van der Waals surface area (Å²) in [4.78, 5) is 6.04. The van der Waals surface area contributed by atoms with Crippen molar-refractivity contribution < 1.29 is 17.5 Å². The van der Waals surface area contributed by atoms with Crippen LogP contribution < -0.4 is 9.64 Å². The molecule has 0 aliphatic carbocycles. The topological polar surface area (TPSA) is 88.5 Å². The number of anilines is 1. The first-order chi connectivity index (χ1) is 14.5. The second kappa shape index (κ2) is 8.33. The minimum Gasteiger partial charge on any atom is -0.495 e. The van der Waals surface area contributed by atoms with Gasteiger partial charge in [-0.05, 0) is 42.5 Å². The van der Waals surface area contributed by atoms with Crippen molar-refractivity contribution in [1.82, 2.24) is 19.5 Å². The number of piperazine rings is 1. The molecule has 30 heavy (non-hydrogen) atoms. The van der Waals surface area contributed by atoms with Crippen LogP contribution in [0.15, 0.2) is 59.6 Å². The van der Waals surface area contributed by atoms with E-state index in [-0.39, 0.29) is 23.7 Å². The largest absolute Gasteiger partial charge is 0.495 e. The van der Waals surface area contributed by atoms with Gasteiger partial charge in [-0.2, -0.15) is 4.31 Å². The van der Waals surface area contributed by atoms with Crippen LogP contribution in [0.4, 0.5) is 10.2 Å². The van der Waals surface area contributed by atoms with Crippen LogP contribution in [-0.2, 0) is 10.0 Å². The SMILES string of the molecule is COc1ccc(F)cc1S(=O)(=O)N1CCN(c2ccc(-c3ccccn3)nn2)CC1. The molecule has 8 nitrogen and oxygen atoms in total. The standard InChI is InChI=1S/C20H20FN5O3S/c1-29-18-7-5-15(21)14-19(18)30(27,28)26-12-10-25(11-13-26)20-8-6-17(23-24-20)16-4-2-3-9-22-16/h2-9,14H,10-13H2,1H3. The molecule has 1 aliphatic rings. The highest BCUT2D eigenvalue weighted by Gasteiger charge is 2.31. The highest BCUT2D eigenvalue weighted by molar-refractivity contribution is 7.89. The van der Waals surface area contributed by atoms with Crippen molar-refractivity contribution in [3.63, 3.8) is 0 Å². The van der Waals surface area contributed by atoms with Crippen molar-refractivity contribution in [2.45, 2.75) is 4.90 Å². The Morgan fingerprint density at radius 3 is 2.40 bits per heavy atom. The zero-order chi connectivity index (χ0) is 21.1. The van der Waals surface area contributed by atoms with Crippen LogP contribution in [-0.4, -0.2) is 61.2 Å². The van der Waals surface area contributed by atoms with Crippen LogP contribution in [0, 0.1) is 5.82 Å². The Kier molecular flexibility index (Phi) is 5.60. The maximum atomic E-state index is 13.7. The normalized spacial score (nSPS) is 15.2. The third-order valence-corrected chi connectivity index (χ3v) is 6.80. The molecule has 0 spiro atoms. The average Bonchev–Trinajstić information content (AvgIpc) is 2.80. The third kappa shape index (κ3) is 3.96. The molecule has 0 unspecified atom stereocenters. The van der Waals surface area contributed by atoms with E-state index in [2.05, 4.69) is 15.2 Å². The molecule has 0 atom stereocenters. The molecule has 0 amide bonds. The van der Waals surface area contributed by atoms with Crippen molar-refractivity contribution in [2.24, 2.45) is 0 Å². The van der Waals surface area contributed by atoms with Crippen molar-refractivity contribution >= 4 is 15.8 Å². The van der Waals surface area contributed by atoms with Gasteiger partial charge in [-0.15, -0.1) is 10.2 Å². The van der Waals surface area contributed by atoms with Gasteiger partial charge < -0.3 is 9.64 Å². The molecule has 2 aromatic heterocycles. The van der Waals surface area contributed by atoms with Gasteiger partial charge in [0.2, 0.25) is 10.0 Å². The van der Waals surface area contributed by atoms with Crippen LogP contribution in [0.3, 0.4) is 0 Å². The van der Waals surface area contributed by atoms with Gasteiger partial charge in [0.05, 0.1) is 12.8 Å². The Morgan fingerprint density at radius 1 is 0.967 bits per heavy atom. The molecule has 10 heteroatoms. The lowest BCUT2D eigenvalue weighted by molar-refractivity contribution is 0.372. The molecule has 3 aromatic rings. The summed E-state index contributed by atoms with van der Waals surface area (Å²) in [6, 6.07) is 12.7. The Bertz CT molecular complexity index is 1120. The lowest BCUT2D eigenvalue weighted by Gasteiger charge is -2.34. The van der Waals surface area contributed by atoms with E-state index in [0.717, 1.165) is 11.8 Å². The van der Waals surface area contributed by atoms with Crippen LogP contribution in [0.5, 0.6) is 5.75 Å². The highest BCUT2D eigenvalue weighted by Crippen LogP contribution is 2.28. The molecule has 4 rings (SSSR count). The van der Waals surface area contributed by atoms with Crippen LogP contribution in [0.2, 0.25) is 0 Å². The number of ether oxygens (including phenoxy) is 1. The van der Waals surface area contributed by atoms with E-state index in [9.17, 15) is 12.8 Å². The van der Waals surface area contributed by atoms with Crippen molar-refractivity contribution in [3.8, 4) is 17.1 Å². The van der Waals surface area contributed by atoms with Gasteiger partial charge in [0.1, 0.15) is 22.2 Å². The molecule has 0 saturated carbocycles. The van der Waals surface area contributed by atoms with Crippen molar-refractivity contribution in [3.05, 3.63) is 60.5 Å². The predicted octanol–water partition coefficient (Wildman–Crippen LogP) is 2.20. The molecule has 1 saturated heterocycles. The third-order valence-electron chi connectivity index (χ3n) is 4.88. The van der Waals surface area contributed by atoms with Gasteiger partial charge in [-0.1, -0.05) is 6.07 Å². The number of benzene rings is 1. The Morgan fingerprint density at radius 2 is 1.77 bits per heavy atom. The molecule has 156 valence electrons. The van der Waals surface area contributed by atoms with Gasteiger partial charge in [0.25, 0.3) is 0 Å². The zero-order valence-electron chi connectivity index (χ0n) is 16.3. The van der Waals surface area contributed by atoms with Crippen LogP contribution in [0.25, 0.3) is 11.4 Å². The summed E-state index contributed by atoms with van der Waals surface area (Å²) in [6.07, 6.45) is 1.69. The molecule has 1 aromatic carbocycles. The molecule has 1 fully saturated rings. The first-order valence-corrected chi connectivity index (χ1v) is 10.8. The highest BCUT2D eigenvalue weighted by atomic mass is 32.2. The van der Waals surface area contributed by atoms with Gasteiger partial charge in [-0.3, -0.25) is 4.98 Å². The summed E-state index contributed by atoms with van der Waals surface area (Å²) in [7, 11) is -2.52. The monoisotopic (exact) mass is 429 g/mol. The first kappa shape index (κ1) is 20.2. The van der Waals surface area contributed by atoms with E-state index in [4.69, 9.17) is 4.74 Å². The van der Waals surface area contributed by atoms with E-state index < -0.39 is 15.8 Å². The number of nitrogens with zero attached hydrogens (tertiary/aromatic N) is 5. The molecule has 0 radical (unpaired) electrons. The van der Waals surface area contributed by atoms with Crippen LogP contribution in [0.1, 0.15) is 0 Å². The predicted molar refractivity (Wildman–Crippen MR) is 109 cm³/mol. The fourth-order valence-corrected chi connectivity index (χ4v) is 4.88. The smallest absolute Gasteiger partial charge is 0.246 e. The summed E-state index contributed by atoms with van der Waals surface area (Å²) in [5, 5.41) is 8.49. The number of aromatic nitrogens is 3. The summed E-state index contributed by atoms with van der Waals surface area (Å²) < 4.78 is 46.1. The molecular weight excluding hydrogens is 409 g/mol. The van der Waals surface area contributed by atoms with Gasteiger partial charge >= 0.3 is 0 Å².